The molecular weight excluding hydrogens is 284 g/mol. The lowest BCUT2D eigenvalue weighted by Gasteiger charge is -2.09. The zero-order valence-electron chi connectivity index (χ0n) is 11.2. The molecule has 0 aliphatic rings. The van der Waals surface area contributed by atoms with Gasteiger partial charge in [0.1, 0.15) is 28.4 Å². The van der Waals surface area contributed by atoms with Crippen molar-refractivity contribution in [3.8, 4) is 0 Å². The van der Waals surface area contributed by atoms with E-state index < -0.39 is 11.6 Å². The first kappa shape index (κ1) is 14.7. The fourth-order valence-electron chi connectivity index (χ4n) is 1.74. The summed E-state index contributed by atoms with van der Waals surface area (Å²) in [6.07, 6.45) is 1.54. The van der Waals surface area contributed by atoms with E-state index in [9.17, 15) is 8.78 Å². The molecule has 3 nitrogen and oxygen atoms in total. The van der Waals surface area contributed by atoms with E-state index in [0.29, 0.717) is 18.1 Å². The number of nitrogens with zero attached hydrogens (tertiary/aromatic N) is 2. The quantitative estimate of drug-likeness (QED) is 0.849. The average Bonchev–Trinajstić information content (AvgIpc) is 2.35. The summed E-state index contributed by atoms with van der Waals surface area (Å²) in [5.41, 5.74) is 0.269. The maximum absolute atomic E-state index is 13.8. The number of halogens is 3. The fraction of sp³-hybridized carbons (Fsp3) is 0.286. The van der Waals surface area contributed by atoms with Crippen molar-refractivity contribution in [2.75, 3.05) is 5.32 Å². The third-order valence-electron chi connectivity index (χ3n) is 2.73. The average molecular weight is 298 g/mol. The van der Waals surface area contributed by atoms with E-state index in [4.69, 9.17) is 11.6 Å². The van der Waals surface area contributed by atoms with Gasteiger partial charge >= 0.3 is 0 Å². The van der Waals surface area contributed by atoms with Gasteiger partial charge in [-0.15, -0.1) is 0 Å². The van der Waals surface area contributed by atoms with Crippen LogP contribution in [0.5, 0.6) is 0 Å². The van der Waals surface area contributed by atoms with Crippen LogP contribution in [0, 0.1) is 18.6 Å². The van der Waals surface area contributed by atoms with Crippen LogP contribution in [-0.2, 0) is 6.42 Å². The van der Waals surface area contributed by atoms with Crippen LogP contribution in [0.2, 0.25) is 5.15 Å². The van der Waals surface area contributed by atoms with Crippen LogP contribution in [0.25, 0.3) is 0 Å². The largest absolute Gasteiger partial charge is 0.338 e. The summed E-state index contributed by atoms with van der Waals surface area (Å²) >= 11 is 5.89. The minimum absolute atomic E-state index is 0.0188. The van der Waals surface area contributed by atoms with E-state index in [-0.39, 0.29) is 16.4 Å². The molecule has 0 atom stereocenters. The molecule has 1 N–H and O–H groups in total. The van der Waals surface area contributed by atoms with E-state index >= 15 is 0 Å². The number of aromatic nitrogens is 2. The van der Waals surface area contributed by atoms with Crippen LogP contribution in [0.3, 0.4) is 0 Å². The van der Waals surface area contributed by atoms with Gasteiger partial charge in [0.25, 0.3) is 0 Å². The zero-order valence-corrected chi connectivity index (χ0v) is 11.9. The third-order valence-corrected chi connectivity index (χ3v) is 2.92. The molecule has 0 radical (unpaired) electrons. The zero-order chi connectivity index (χ0) is 14.7. The molecule has 1 heterocycles. The second-order valence-electron chi connectivity index (χ2n) is 4.45. The molecule has 0 aliphatic heterocycles. The highest BCUT2D eigenvalue weighted by Crippen LogP contribution is 2.23. The van der Waals surface area contributed by atoms with Crippen LogP contribution in [0.1, 0.15) is 24.7 Å². The highest BCUT2D eigenvalue weighted by molar-refractivity contribution is 6.29. The molecular formula is C14H14ClF2N3. The number of benzene rings is 1. The van der Waals surface area contributed by atoms with Gasteiger partial charge in [-0.25, -0.2) is 18.7 Å². The normalized spacial score (nSPS) is 10.7. The highest BCUT2D eigenvalue weighted by Gasteiger charge is 2.09. The molecule has 0 spiro atoms. The monoisotopic (exact) mass is 297 g/mol. The van der Waals surface area contributed by atoms with Crippen LogP contribution < -0.4 is 5.32 Å². The molecule has 0 fully saturated rings. The fourth-order valence-corrected chi connectivity index (χ4v) is 1.95. The molecule has 0 saturated carbocycles. The standard InChI is InChI=1S/C14H14ClF2N3/c1-3-4-13-19-12(15)7-14(20-13)18-11-6-9(16)8(2)5-10(11)17/h5-7H,3-4H2,1-2H3,(H,18,19,20). The lowest BCUT2D eigenvalue weighted by atomic mass is 10.2. The smallest absolute Gasteiger partial charge is 0.147 e. The first-order valence-electron chi connectivity index (χ1n) is 6.25. The number of anilines is 2. The molecule has 1 aromatic carbocycles. The molecule has 0 saturated heterocycles. The Hall–Kier alpha value is -1.75. The number of aryl methyl sites for hydroxylation is 2. The maximum atomic E-state index is 13.8. The highest BCUT2D eigenvalue weighted by atomic mass is 35.5. The predicted molar refractivity (Wildman–Crippen MR) is 75.4 cm³/mol. The lowest BCUT2D eigenvalue weighted by molar-refractivity contribution is 0.595. The van der Waals surface area contributed by atoms with Crippen LogP contribution in [0.4, 0.5) is 20.3 Å². The lowest BCUT2D eigenvalue weighted by Crippen LogP contribution is -2.02. The van der Waals surface area contributed by atoms with Gasteiger partial charge in [0.05, 0.1) is 5.69 Å². The van der Waals surface area contributed by atoms with Gasteiger partial charge in [-0.2, -0.15) is 0 Å². The van der Waals surface area contributed by atoms with Crippen molar-refractivity contribution in [1.29, 1.82) is 0 Å². The van der Waals surface area contributed by atoms with Crippen LogP contribution in [-0.4, -0.2) is 9.97 Å². The molecule has 1 aromatic heterocycles. The molecule has 0 amide bonds. The first-order chi connectivity index (χ1) is 9.49. The van der Waals surface area contributed by atoms with E-state index in [1.54, 1.807) is 0 Å². The second-order valence-corrected chi connectivity index (χ2v) is 4.84. The number of rotatable bonds is 4. The van der Waals surface area contributed by atoms with E-state index in [0.717, 1.165) is 18.6 Å². The first-order valence-corrected chi connectivity index (χ1v) is 6.63. The van der Waals surface area contributed by atoms with Gasteiger partial charge in [0.2, 0.25) is 0 Å². The molecule has 2 aromatic rings. The maximum Gasteiger partial charge on any atom is 0.147 e. The number of hydrogen-bond acceptors (Lipinski definition) is 3. The summed E-state index contributed by atoms with van der Waals surface area (Å²) in [4.78, 5) is 8.28. The Morgan fingerprint density at radius 3 is 2.60 bits per heavy atom. The molecule has 20 heavy (non-hydrogen) atoms. The van der Waals surface area contributed by atoms with Crippen molar-refractivity contribution in [2.45, 2.75) is 26.7 Å². The minimum atomic E-state index is -0.546. The Kier molecular flexibility index (Phi) is 4.49. The molecule has 6 heteroatoms. The predicted octanol–water partition coefficient (Wildman–Crippen LogP) is 4.41. The second kappa shape index (κ2) is 6.13. The van der Waals surface area contributed by atoms with Crippen LogP contribution in [0.15, 0.2) is 18.2 Å². The van der Waals surface area contributed by atoms with Gasteiger partial charge in [-0.05, 0) is 25.0 Å². The summed E-state index contributed by atoms with van der Waals surface area (Å²) in [6.45, 7) is 3.50. The van der Waals surface area contributed by atoms with Crippen molar-refractivity contribution in [2.24, 2.45) is 0 Å². The molecule has 0 aliphatic carbocycles. The van der Waals surface area contributed by atoms with Gasteiger partial charge in [0.15, 0.2) is 0 Å². The van der Waals surface area contributed by atoms with Crippen molar-refractivity contribution in [1.82, 2.24) is 9.97 Å². The summed E-state index contributed by atoms with van der Waals surface area (Å²) in [5.74, 6) is -0.121. The molecule has 106 valence electrons. The third kappa shape index (κ3) is 3.42. The van der Waals surface area contributed by atoms with Gasteiger partial charge in [-0.1, -0.05) is 18.5 Å². The van der Waals surface area contributed by atoms with Gasteiger partial charge < -0.3 is 5.32 Å². The molecule has 2 rings (SSSR count). The Morgan fingerprint density at radius 1 is 1.15 bits per heavy atom. The van der Waals surface area contributed by atoms with Crippen molar-refractivity contribution in [3.05, 3.63) is 46.4 Å². The summed E-state index contributed by atoms with van der Waals surface area (Å²) in [5, 5.41) is 2.99. The molecule has 0 bridgehead atoms. The molecule has 0 unspecified atom stereocenters. The van der Waals surface area contributed by atoms with E-state index in [1.807, 2.05) is 6.92 Å². The van der Waals surface area contributed by atoms with Gasteiger partial charge in [-0.3, -0.25) is 0 Å². The van der Waals surface area contributed by atoms with Gasteiger partial charge in [0, 0.05) is 18.6 Å². The Labute approximate surface area is 121 Å². The Bertz CT molecular complexity index is 632. The summed E-state index contributed by atoms with van der Waals surface area (Å²) < 4.78 is 27.2. The topological polar surface area (TPSA) is 37.8 Å². The number of hydrogen-bond donors (Lipinski definition) is 1. The van der Waals surface area contributed by atoms with Crippen molar-refractivity contribution in [3.63, 3.8) is 0 Å². The van der Waals surface area contributed by atoms with Crippen LogP contribution >= 0.6 is 11.6 Å². The summed E-state index contributed by atoms with van der Waals surface area (Å²) in [7, 11) is 0. The Balaban J connectivity index is 2.32. The van der Waals surface area contributed by atoms with E-state index in [1.165, 1.54) is 13.0 Å². The minimum Gasteiger partial charge on any atom is -0.338 e. The van der Waals surface area contributed by atoms with E-state index in [2.05, 4.69) is 15.3 Å². The summed E-state index contributed by atoms with van der Waals surface area (Å²) in [6, 6.07) is 3.70. The SMILES string of the molecule is CCCc1nc(Cl)cc(Nc2cc(F)c(C)cc2F)n1. The number of nitrogens with one attached hydrogen (secondary N) is 1. The van der Waals surface area contributed by atoms with Crippen molar-refractivity contribution >= 4 is 23.1 Å². The van der Waals surface area contributed by atoms with Crippen molar-refractivity contribution < 1.29 is 8.78 Å². The Morgan fingerprint density at radius 2 is 1.90 bits per heavy atom.